The Morgan fingerprint density at radius 3 is 2.47 bits per heavy atom. The highest BCUT2D eigenvalue weighted by Crippen LogP contribution is 2.23. The van der Waals surface area contributed by atoms with Gasteiger partial charge in [0.05, 0.1) is 18.7 Å². The SMILES string of the molecule is COC(=O)[C@H](Cc1ccc(-c2nccs2)cc1)NC(=O)C(CSC(=O)c1ccccc1)Cc1cc(C)no1. The van der Waals surface area contributed by atoms with Crippen molar-refractivity contribution in [2.75, 3.05) is 12.9 Å². The Hall–Kier alpha value is -3.76. The van der Waals surface area contributed by atoms with Crippen LogP contribution >= 0.6 is 23.1 Å². The van der Waals surface area contributed by atoms with Crippen LogP contribution in [-0.2, 0) is 27.2 Å². The molecule has 8 nitrogen and oxygen atoms in total. The Bertz CT molecular complexity index is 1350. The molecular weight excluding hydrogens is 522 g/mol. The monoisotopic (exact) mass is 549 g/mol. The Labute approximate surface area is 228 Å². The van der Waals surface area contributed by atoms with Gasteiger partial charge < -0.3 is 14.6 Å². The number of rotatable bonds is 11. The molecule has 38 heavy (non-hydrogen) atoms. The molecule has 0 saturated heterocycles. The number of methoxy groups -OCH3 is 1. The Morgan fingerprint density at radius 2 is 1.84 bits per heavy atom. The molecule has 2 aromatic heterocycles. The van der Waals surface area contributed by atoms with Gasteiger partial charge in [-0.3, -0.25) is 9.59 Å². The van der Waals surface area contributed by atoms with Crippen LogP contribution in [0.3, 0.4) is 0 Å². The minimum atomic E-state index is -0.896. The molecule has 0 aliphatic heterocycles. The first-order valence-corrected chi connectivity index (χ1v) is 13.8. The van der Waals surface area contributed by atoms with Gasteiger partial charge in [-0.25, -0.2) is 9.78 Å². The predicted molar refractivity (Wildman–Crippen MR) is 147 cm³/mol. The van der Waals surface area contributed by atoms with Crippen LogP contribution in [0.15, 0.2) is 76.8 Å². The summed E-state index contributed by atoms with van der Waals surface area (Å²) >= 11 is 2.60. The lowest BCUT2D eigenvalue weighted by Crippen LogP contribution is -2.46. The van der Waals surface area contributed by atoms with Crippen LogP contribution in [0.4, 0.5) is 0 Å². The number of thioether (sulfide) groups is 1. The summed E-state index contributed by atoms with van der Waals surface area (Å²) in [5, 5.41) is 9.41. The number of hydrogen-bond donors (Lipinski definition) is 1. The van der Waals surface area contributed by atoms with E-state index in [4.69, 9.17) is 9.26 Å². The zero-order valence-corrected chi connectivity index (χ0v) is 22.6. The summed E-state index contributed by atoms with van der Waals surface area (Å²) in [7, 11) is 1.29. The minimum absolute atomic E-state index is 0.137. The number of aryl methyl sites for hydroxylation is 1. The van der Waals surface area contributed by atoms with E-state index in [0.29, 0.717) is 17.0 Å². The first-order valence-electron chi connectivity index (χ1n) is 11.9. The van der Waals surface area contributed by atoms with Crippen LogP contribution in [0.5, 0.6) is 0 Å². The standard InChI is InChI=1S/C28H27N3O5S2/c1-18-14-23(36-31-18)16-22(17-38-28(34)21-6-4-3-5-7-21)25(32)30-24(27(33)35-2)15-19-8-10-20(11-9-19)26-29-12-13-37-26/h3-14,22,24H,15-17H2,1-2H3,(H,30,32)/t22?,24-/m0/s1. The number of aromatic nitrogens is 2. The third-order valence-corrected chi connectivity index (χ3v) is 7.68. The maximum absolute atomic E-state index is 13.4. The van der Waals surface area contributed by atoms with Crippen LogP contribution < -0.4 is 5.32 Å². The molecule has 1 amide bonds. The highest BCUT2D eigenvalue weighted by Gasteiger charge is 2.28. The van der Waals surface area contributed by atoms with E-state index in [1.54, 1.807) is 54.8 Å². The Balaban J connectivity index is 1.46. The van der Waals surface area contributed by atoms with Crippen molar-refractivity contribution in [3.05, 3.63) is 94.8 Å². The summed E-state index contributed by atoms with van der Waals surface area (Å²) in [5.41, 5.74) is 3.09. The van der Waals surface area contributed by atoms with Gasteiger partial charge in [-0.05, 0) is 12.5 Å². The Morgan fingerprint density at radius 1 is 1.08 bits per heavy atom. The predicted octanol–water partition coefficient (Wildman–Crippen LogP) is 4.74. The van der Waals surface area contributed by atoms with Crippen molar-refractivity contribution in [2.45, 2.75) is 25.8 Å². The molecule has 0 spiro atoms. The maximum Gasteiger partial charge on any atom is 0.328 e. The van der Waals surface area contributed by atoms with Crippen LogP contribution in [0.25, 0.3) is 10.6 Å². The average Bonchev–Trinajstić information content (AvgIpc) is 3.63. The number of carbonyl (C=O) groups excluding carboxylic acids is 3. The lowest BCUT2D eigenvalue weighted by molar-refractivity contribution is -0.145. The van der Waals surface area contributed by atoms with Crippen molar-refractivity contribution in [3.63, 3.8) is 0 Å². The van der Waals surface area contributed by atoms with E-state index in [0.717, 1.165) is 27.9 Å². The molecule has 0 aliphatic carbocycles. The molecule has 1 unspecified atom stereocenters. The van der Waals surface area contributed by atoms with Crippen LogP contribution in [0, 0.1) is 12.8 Å². The molecule has 0 aliphatic rings. The van der Waals surface area contributed by atoms with E-state index in [1.807, 2.05) is 35.7 Å². The molecule has 10 heteroatoms. The smallest absolute Gasteiger partial charge is 0.328 e. The molecular formula is C28H27N3O5S2. The topological polar surface area (TPSA) is 111 Å². The number of nitrogens with one attached hydrogen (secondary N) is 1. The van der Waals surface area contributed by atoms with Gasteiger partial charge in [0.25, 0.3) is 0 Å². The van der Waals surface area contributed by atoms with E-state index in [2.05, 4.69) is 15.5 Å². The molecule has 0 fully saturated rings. The summed E-state index contributed by atoms with van der Waals surface area (Å²) in [6, 6.07) is 17.4. The summed E-state index contributed by atoms with van der Waals surface area (Å²) in [4.78, 5) is 43.0. The van der Waals surface area contributed by atoms with Gasteiger partial charge in [-0.2, -0.15) is 0 Å². The van der Waals surface area contributed by atoms with Crippen molar-refractivity contribution in [1.29, 1.82) is 0 Å². The minimum Gasteiger partial charge on any atom is -0.467 e. The second kappa shape index (κ2) is 13.2. The van der Waals surface area contributed by atoms with Gasteiger partial charge in [0.2, 0.25) is 11.0 Å². The zero-order valence-electron chi connectivity index (χ0n) is 21.0. The molecule has 0 radical (unpaired) electrons. The number of thiazole rings is 1. The first kappa shape index (κ1) is 27.3. The lowest BCUT2D eigenvalue weighted by Gasteiger charge is -2.21. The van der Waals surface area contributed by atoms with E-state index >= 15 is 0 Å². The van der Waals surface area contributed by atoms with Crippen LogP contribution in [0.2, 0.25) is 0 Å². The maximum atomic E-state index is 13.4. The molecule has 0 saturated carbocycles. The number of ether oxygens (including phenoxy) is 1. The fourth-order valence-electron chi connectivity index (χ4n) is 3.83. The molecule has 0 bridgehead atoms. The average molecular weight is 550 g/mol. The van der Waals surface area contributed by atoms with Crippen molar-refractivity contribution < 1.29 is 23.6 Å². The summed E-state index contributed by atoms with van der Waals surface area (Å²) in [5.74, 6) is -0.829. The molecule has 2 atom stereocenters. The molecule has 4 rings (SSSR count). The molecule has 196 valence electrons. The van der Waals surface area contributed by atoms with E-state index in [1.165, 1.54) is 7.11 Å². The number of nitrogens with zero attached hydrogens (tertiary/aromatic N) is 2. The highest BCUT2D eigenvalue weighted by molar-refractivity contribution is 8.14. The number of carbonyl (C=O) groups is 3. The van der Waals surface area contributed by atoms with Gasteiger partial charge in [0.1, 0.15) is 16.8 Å². The van der Waals surface area contributed by atoms with E-state index in [-0.39, 0.29) is 29.6 Å². The quantitative estimate of drug-likeness (QED) is 0.267. The molecule has 2 heterocycles. The Kier molecular flexibility index (Phi) is 9.45. The number of benzene rings is 2. The highest BCUT2D eigenvalue weighted by atomic mass is 32.2. The van der Waals surface area contributed by atoms with Crippen molar-refractivity contribution in [2.24, 2.45) is 5.92 Å². The lowest BCUT2D eigenvalue weighted by atomic mass is 10.0. The second-order valence-corrected chi connectivity index (χ2v) is 10.5. The van der Waals surface area contributed by atoms with Gasteiger partial charge in [-0.15, -0.1) is 11.3 Å². The van der Waals surface area contributed by atoms with Crippen molar-refractivity contribution >= 4 is 40.1 Å². The number of amides is 1. The first-order chi connectivity index (χ1) is 18.4. The largest absolute Gasteiger partial charge is 0.467 e. The molecule has 1 N–H and O–H groups in total. The number of esters is 1. The van der Waals surface area contributed by atoms with Gasteiger partial charge in [0, 0.05) is 47.4 Å². The normalized spacial score (nSPS) is 12.5. The zero-order chi connectivity index (χ0) is 26.9. The van der Waals surface area contributed by atoms with Crippen LogP contribution in [0.1, 0.15) is 27.4 Å². The van der Waals surface area contributed by atoms with Crippen LogP contribution in [-0.4, -0.2) is 46.0 Å². The van der Waals surface area contributed by atoms with Gasteiger partial charge in [-0.1, -0.05) is 71.5 Å². The summed E-state index contributed by atoms with van der Waals surface area (Å²) in [6.45, 7) is 1.79. The summed E-state index contributed by atoms with van der Waals surface area (Å²) < 4.78 is 10.3. The third-order valence-electron chi connectivity index (χ3n) is 5.80. The number of hydrogen-bond acceptors (Lipinski definition) is 9. The van der Waals surface area contributed by atoms with E-state index < -0.39 is 17.9 Å². The van der Waals surface area contributed by atoms with E-state index in [9.17, 15) is 14.4 Å². The fraction of sp³-hybridized carbons (Fsp3) is 0.250. The van der Waals surface area contributed by atoms with Crippen molar-refractivity contribution in [3.8, 4) is 10.6 Å². The molecule has 2 aromatic carbocycles. The fourth-order valence-corrected chi connectivity index (χ4v) is 5.40. The molecule has 4 aromatic rings. The third kappa shape index (κ3) is 7.39. The second-order valence-electron chi connectivity index (χ2n) is 8.62. The van der Waals surface area contributed by atoms with Gasteiger partial charge in [0.15, 0.2) is 0 Å². The van der Waals surface area contributed by atoms with Gasteiger partial charge >= 0.3 is 5.97 Å². The van der Waals surface area contributed by atoms with Crippen molar-refractivity contribution in [1.82, 2.24) is 15.5 Å². The summed E-state index contributed by atoms with van der Waals surface area (Å²) in [6.07, 6.45) is 2.23.